The highest BCUT2D eigenvalue weighted by molar-refractivity contribution is 14.2. The maximum Gasteiger partial charge on any atom is 0.167 e. The fourth-order valence-electron chi connectivity index (χ4n) is 2.12. The number of fused-ring (bicyclic) bond motifs is 3. The molecule has 0 amide bonds. The number of halogens is 1. The van der Waals surface area contributed by atoms with Crippen LogP contribution in [-0.2, 0) is 0 Å². The van der Waals surface area contributed by atoms with Gasteiger partial charge in [0, 0.05) is 48.9 Å². The minimum Gasteiger partial charge on any atom is -0.317 e. The second-order valence-corrected chi connectivity index (χ2v) is 6.00. The van der Waals surface area contributed by atoms with E-state index in [1.807, 2.05) is 54.5 Å². The zero-order chi connectivity index (χ0) is 17.1. The van der Waals surface area contributed by atoms with Crippen LogP contribution in [0, 0.1) is 0 Å². The Balaban J connectivity index is 0.000000247. The van der Waals surface area contributed by atoms with Crippen molar-refractivity contribution in [2.24, 2.45) is 0 Å². The van der Waals surface area contributed by atoms with Gasteiger partial charge in [0.1, 0.15) is 0 Å². The molecule has 1 saturated heterocycles. The summed E-state index contributed by atoms with van der Waals surface area (Å²) in [5, 5.41) is 3.22. The first-order valence-electron chi connectivity index (χ1n) is 8.19. The molecule has 0 atom stereocenters. The van der Waals surface area contributed by atoms with Crippen LogP contribution in [0.3, 0.4) is 0 Å². The van der Waals surface area contributed by atoms with Gasteiger partial charge in [0.15, 0.2) is 11.3 Å². The van der Waals surface area contributed by atoms with Gasteiger partial charge in [0.2, 0.25) is 0 Å². The Morgan fingerprint density at radius 1 is 1.09 bits per heavy atom. The number of rotatable bonds is 1. The Kier molecular flexibility index (Phi) is 10.3. The second kappa shape index (κ2) is 11.7. The predicted octanol–water partition coefficient (Wildman–Crippen LogP) is 4.95. The second-order valence-electron chi connectivity index (χ2n) is 4.29. The van der Waals surface area contributed by atoms with Gasteiger partial charge >= 0.3 is 0 Å². The van der Waals surface area contributed by atoms with Gasteiger partial charge in [-0.1, -0.05) is 27.7 Å². The molecule has 1 fully saturated rings. The van der Waals surface area contributed by atoms with E-state index in [-0.39, 0.29) is 0 Å². The molecule has 128 valence electrons. The molecule has 0 unspecified atom stereocenters. The van der Waals surface area contributed by atoms with Crippen molar-refractivity contribution < 1.29 is 0 Å². The fraction of sp³-hybridized carbons (Fsp3) is 0.500. The minimum atomic E-state index is 0.883. The predicted molar refractivity (Wildman–Crippen MR) is 110 cm³/mol. The summed E-state index contributed by atoms with van der Waals surface area (Å²) in [5.74, 6) is 0. The van der Waals surface area contributed by atoms with Crippen LogP contribution < -0.4 is 5.32 Å². The maximum absolute atomic E-state index is 4.37. The molecule has 0 bridgehead atoms. The number of hydrogen-bond acceptors (Lipinski definition) is 4. The first-order valence-corrected chi connectivity index (χ1v) is 11.5. The molecule has 1 aliphatic heterocycles. The van der Waals surface area contributed by atoms with Crippen molar-refractivity contribution in [1.29, 1.82) is 0 Å². The fourth-order valence-corrected chi connectivity index (χ4v) is 3.39. The average molecular weight is 447 g/mol. The van der Waals surface area contributed by atoms with Crippen molar-refractivity contribution in [3.63, 3.8) is 0 Å². The monoisotopic (exact) mass is 447 g/mol. The summed E-state index contributed by atoms with van der Waals surface area (Å²) in [6, 6.07) is 2.04. The lowest BCUT2D eigenvalue weighted by Gasteiger charge is -1.98. The molecule has 4 heterocycles. The molecule has 3 aromatic rings. The zero-order valence-corrected chi connectivity index (χ0v) is 17.3. The standard InChI is InChI=1S/C8H5IN4S.C4H9N.2C2H6/c9-14-13-3-1-6-8(13)11-5-7-10-2-4-12(6)7;1-2-4-5-3-1;2*1-2/h1-5H;5H,1-4H2;2*1-2H3. The topological polar surface area (TPSA) is 47.2 Å². The van der Waals surface area contributed by atoms with Crippen molar-refractivity contribution in [1.82, 2.24) is 23.7 Å². The van der Waals surface area contributed by atoms with E-state index in [0.29, 0.717) is 0 Å². The van der Waals surface area contributed by atoms with E-state index in [1.165, 1.54) is 25.9 Å². The van der Waals surface area contributed by atoms with Gasteiger partial charge in [0.25, 0.3) is 0 Å². The van der Waals surface area contributed by atoms with Gasteiger partial charge < -0.3 is 5.32 Å². The Labute approximate surface area is 155 Å². The van der Waals surface area contributed by atoms with E-state index in [9.17, 15) is 0 Å². The van der Waals surface area contributed by atoms with Crippen LogP contribution in [0.2, 0.25) is 0 Å². The van der Waals surface area contributed by atoms with Gasteiger partial charge in [-0.3, -0.25) is 8.37 Å². The van der Waals surface area contributed by atoms with E-state index >= 15 is 0 Å². The molecule has 0 aliphatic carbocycles. The highest BCUT2D eigenvalue weighted by Crippen LogP contribution is 2.23. The van der Waals surface area contributed by atoms with Gasteiger partial charge in [-0.2, -0.15) is 0 Å². The average Bonchev–Trinajstić information content (AvgIpc) is 3.38. The van der Waals surface area contributed by atoms with E-state index in [4.69, 9.17) is 0 Å². The Hall–Kier alpha value is -0.800. The SMILES string of the molecule is C1CCNC1.CC.CC.ISn1ccc2c1ncc1nccn12. The van der Waals surface area contributed by atoms with Gasteiger partial charge in [-0.05, 0) is 32.0 Å². The molecule has 4 rings (SSSR count). The number of nitrogens with zero attached hydrogens (tertiary/aromatic N) is 4. The van der Waals surface area contributed by atoms with Crippen LogP contribution in [0.5, 0.6) is 0 Å². The molecule has 5 nitrogen and oxygen atoms in total. The summed E-state index contributed by atoms with van der Waals surface area (Å²) in [6.07, 6.45) is 10.3. The summed E-state index contributed by atoms with van der Waals surface area (Å²) in [6.45, 7) is 10.5. The van der Waals surface area contributed by atoms with Gasteiger partial charge in [0.05, 0.1) is 11.7 Å². The normalized spacial score (nSPS) is 12.7. The highest BCUT2D eigenvalue weighted by atomic mass is 127. The van der Waals surface area contributed by atoms with Crippen LogP contribution in [0.1, 0.15) is 40.5 Å². The Morgan fingerprint density at radius 3 is 2.35 bits per heavy atom. The quantitative estimate of drug-likeness (QED) is 0.537. The summed E-state index contributed by atoms with van der Waals surface area (Å²) < 4.78 is 4.06. The third kappa shape index (κ3) is 5.36. The van der Waals surface area contributed by atoms with Crippen molar-refractivity contribution in [2.75, 3.05) is 13.1 Å². The number of imidazole rings is 1. The molecular formula is C16H26IN5S. The molecule has 0 saturated carbocycles. The maximum atomic E-state index is 4.37. The van der Waals surface area contributed by atoms with Crippen LogP contribution in [0.4, 0.5) is 0 Å². The molecule has 0 spiro atoms. The smallest absolute Gasteiger partial charge is 0.167 e. The number of hydrogen-bond donors (Lipinski definition) is 1. The lowest BCUT2D eigenvalue weighted by Crippen LogP contribution is -2.03. The van der Waals surface area contributed by atoms with E-state index < -0.39 is 0 Å². The third-order valence-electron chi connectivity index (χ3n) is 3.07. The summed E-state index contributed by atoms with van der Waals surface area (Å²) in [4.78, 5) is 8.55. The highest BCUT2D eigenvalue weighted by Gasteiger charge is 2.05. The molecule has 1 aliphatic rings. The number of aromatic nitrogens is 4. The third-order valence-corrected chi connectivity index (χ3v) is 4.78. The first-order chi connectivity index (χ1) is 11.4. The molecule has 0 radical (unpaired) electrons. The summed E-state index contributed by atoms with van der Waals surface area (Å²) >= 11 is 2.24. The minimum absolute atomic E-state index is 0.883. The van der Waals surface area contributed by atoms with Crippen molar-refractivity contribution in [3.05, 3.63) is 30.9 Å². The van der Waals surface area contributed by atoms with E-state index in [2.05, 4.69) is 36.5 Å². The molecule has 3 aromatic heterocycles. The molecule has 0 aromatic carbocycles. The number of nitrogens with one attached hydrogen (secondary N) is 1. The largest absolute Gasteiger partial charge is 0.317 e. The Bertz CT molecular complexity index is 668. The van der Waals surface area contributed by atoms with Crippen molar-refractivity contribution >= 4 is 47.1 Å². The van der Waals surface area contributed by atoms with Crippen LogP contribution in [0.15, 0.2) is 30.9 Å². The zero-order valence-electron chi connectivity index (χ0n) is 14.3. The molecule has 7 heteroatoms. The van der Waals surface area contributed by atoms with Crippen LogP contribution in [-0.4, -0.2) is 31.4 Å². The molecule has 1 N–H and O–H groups in total. The lowest BCUT2D eigenvalue weighted by atomic mass is 10.4. The molecule has 23 heavy (non-hydrogen) atoms. The van der Waals surface area contributed by atoms with E-state index in [0.717, 1.165) is 16.8 Å². The van der Waals surface area contributed by atoms with Crippen LogP contribution in [0.25, 0.3) is 16.8 Å². The summed E-state index contributed by atoms with van der Waals surface area (Å²) in [7, 11) is 1.61. The molecular weight excluding hydrogens is 421 g/mol. The van der Waals surface area contributed by atoms with Crippen molar-refractivity contribution in [2.45, 2.75) is 40.5 Å². The lowest BCUT2D eigenvalue weighted by molar-refractivity contribution is 0.857. The van der Waals surface area contributed by atoms with Gasteiger partial charge in [-0.25, -0.2) is 9.97 Å². The summed E-state index contributed by atoms with van der Waals surface area (Å²) in [5.41, 5.74) is 2.94. The van der Waals surface area contributed by atoms with Crippen LogP contribution >= 0.6 is 30.3 Å². The van der Waals surface area contributed by atoms with Gasteiger partial charge in [-0.15, -0.1) is 0 Å². The van der Waals surface area contributed by atoms with E-state index in [1.54, 1.807) is 21.5 Å². The van der Waals surface area contributed by atoms with Crippen molar-refractivity contribution in [3.8, 4) is 0 Å². The first kappa shape index (κ1) is 20.2. The Morgan fingerprint density at radius 2 is 1.78 bits per heavy atom.